The van der Waals surface area contributed by atoms with Gasteiger partial charge in [0.1, 0.15) is 11.3 Å². The summed E-state index contributed by atoms with van der Waals surface area (Å²) in [5.74, 6) is -0.323. The second-order valence-corrected chi connectivity index (χ2v) is 7.69. The van der Waals surface area contributed by atoms with Crippen LogP contribution in [0.4, 0.5) is 4.79 Å². The molecule has 0 unspecified atom stereocenters. The minimum atomic E-state index is -0.558. The predicted octanol–water partition coefficient (Wildman–Crippen LogP) is 3.16. The molecule has 0 saturated heterocycles. The molecule has 2 rings (SSSR count). The number of nitrogens with one attached hydrogen (secondary N) is 1. The molecule has 1 heterocycles. The molecule has 27 heavy (non-hydrogen) atoms. The van der Waals surface area contributed by atoms with Crippen LogP contribution in [0, 0.1) is 0 Å². The smallest absolute Gasteiger partial charge is 0.407 e. The number of ether oxygens (including phenoxy) is 1. The highest BCUT2D eigenvalue weighted by Gasteiger charge is 2.17. The molecule has 0 fully saturated rings. The Morgan fingerprint density at radius 2 is 1.96 bits per heavy atom. The standard InChI is InChI=1S/C20H28N4O3/c1-13(2)17-14(9-11-22-19(26)27-20(3,4)5)7-6-8-16(17)24-12-10-15(23-24)18(21)25/h6-8,10,12-13H,9,11H2,1-5H3,(H2,21,25)(H,22,26). The van der Waals surface area contributed by atoms with Gasteiger partial charge in [-0.1, -0.05) is 26.0 Å². The lowest BCUT2D eigenvalue weighted by Crippen LogP contribution is -2.33. The van der Waals surface area contributed by atoms with Crippen LogP contribution in [0.1, 0.15) is 62.2 Å². The molecular formula is C20H28N4O3. The Kier molecular flexibility index (Phi) is 6.25. The minimum absolute atomic E-state index is 0.224. The van der Waals surface area contributed by atoms with E-state index in [2.05, 4.69) is 24.3 Å². The minimum Gasteiger partial charge on any atom is -0.444 e. The third-order valence-electron chi connectivity index (χ3n) is 3.90. The average Bonchev–Trinajstić information content (AvgIpc) is 3.02. The van der Waals surface area contributed by atoms with Crippen molar-refractivity contribution in [2.75, 3.05) is 6.54 Å². The van der Waals surface area contributed by atoms with Gasteiger partial charge in [-0.05, 0) is 56.4 Å². The Morgan fingerprint density at radius 1 is 1.26 bits per heavy atom. The first-order chi connectivity index (χ1) is 12.6. The lowest BCUT2D eigenvalue weighted by molar-refractivity contribution is 0.0528. The first-order valence-corrected chi connectivity index (χ1v) is 9.03. The number of carbonyl (C=O) groups is 2. The number of carbonyl (C=O) groups excluding carboxylic acids is 2. The van der Waals surface area contributed by atoms with Gasteiger partial charge in [-0.15, -0.1) is 0 Å². The molecule has 146 valence electrons. The number of aromatic nitrogens is 2. The Hall–Kier alpha value is -2.83. The predicted molar refractivity (Wildman–Crippen MR) is 104 cm³/mol. The lowest BCUT2D eigenvalue weighted by atomic mass is 9.93. The Morgan fingerprint density at radius 3 is 2.52 bits per heavy atom. The maximum atomic E-state index is 11.8. The van der Waals surface area contributed by atoms with Crippen molar-refractivity contribution in [3.05, 3.63) is 47.3 Å². The summed E-state index contributed by atoms with van der Waals surface area (Å²) in [7, 11) is 0. The molecule has 0 atom stereocenters. The molecule has 3 N–H and O–H groups in total. The van der Waals surface area contributed by atoms with Gasteiger partial charge in [0.2, 0.25) is 0 Å². The summed E-state index contributed by atoms with van der Waals surface area (Å²) in [6.07, 6.45) is 1.96. The van der Waals surface area contributed by atoms with Gasteiger partial charge >= 0.3 is 6.09 Å². The summed E-state index contributed by atoms with van der Waals surface area (Å²) in [5, 5.41) is 7.05. The van der Waals surface area contributed by atoms with E-state index in [1.54, 1.807) is 16.9 Å². The van der Waals surface area contributed by atoms with E-state index in [1.165, 1.54) is 0 Å². The van der Waals surface area contributed by atoms with E-state index >= 15 is 0 Å². The number of alkyl carbamates (subject to hydrolysis) is 1. The van der Waals surface area contributed by atoms with Crippen LogP contribution in [0.25, 0.3) is 5.69 Å². The van der Waals surface area contributed by atoms with Crippen LogP contribution in [0.3, 0.4) is 0 Å². The zero-order chi connectivity index (χ0) is 20.2. The second-order valence-electron chi connectivity index (χ2n) is 7.69. The van der Waals surface area contributed by atoms with Crippen molar-refractivity contribution in [1.82, 2.24) is 15.1 Å². The Balaban J connectivity index is 2.20. The topological polar surface area (TPSA) is 99.2 Å². The summed E-state index contributed by atoms with van der Waals surface area (Å²) in [5.41, 5.74) is 8.12. The summed E-state index contributed by atoms with van der Waals surface area (Å²) in [6.45, 7) is 10.2. The van der Waals surface area contributed by atoms with Crippen LogP contribution in [-0.2, 0) is 11.2 Å². The third kappa shape index (κ3) is 5.57. The van der Waals surface area contributed by atoms with Crippen molar-refractivity contribution >= 4 is 12.0 Å². The third-order valence-corrected chi connectivity index (χ3v) is 3.90. The first-order valence-electron chi connectivity index (χ1n) is 9.03. The van der Waals surface area contributed by atoms with Crippen molar-refractivity contribution in [2.45, 2.75) is 52.6 Å². The number of nitrogens with zero attached hydrogens (tertiary/aromatic N) is 2. The Labute approximate surface area is 159 Å². The van der Waals surface area contributed by atoms with Gasteiger partial charge < -0.3 is 15.8 Å². The molecule has 2 amide bonds. The summed E-state index contributed by atoms with van der Waals surface area (Å²) in [6, 6.07) is 7.53. The molecule has 0 aliphatic carbocycles. The SMILES string of the molecule is CC(C)c1c(CCNC(=O)OC(C)(C)C)cccc1-n1ccc(C(N)=O)n1. The van der Waals surface area contributed by atoms with Gasteiger partial charge in [0.15, 0.2) is 0 Å². The Bertz CT molecular complexity index is 819. The van der Waals surface area contributed by atoms with Gasteiger partial charge in [-0.2, -0.15) is 5.10 Å². The van der Waals surface area contributed by atoms with E-state index in [4.69, 9.17) is 10.5 Å². The molecule has 7 heteroatoms. The number of amides is 2. The molecule has 0 bridgehead atoms. The fraction of sp³-hybridized carbons (Fsp3) is 0.450. The number of hydrogen-bond donors (Lipinski definition) is 2. The molecule has 2 aromatic rings. The molecule has 1 aromatic heterocycles. The van der Waals surface area contributed by atoms with Crippen LogP contribution < -0.4 is 11.1 Å². The van der Waals surface area contributed by atoms with Crippen LogP contribution in [-0.4, -0.2) is 33.9 Å². The van der Waals surface area contributed by atoms with Crippen LogP contribution in [0.2, 0.25) is 0 Å². The highest BCUT2D eigenvalue weighted by molar-refractivity contribution is 5.90. The summed E-state index contributed by atoms with van der Waals surface area (Å²) in [4.78, 5) is 23.2. The van der Waals surface area contributed by atoms with E-state index < -0.39 is 17.6 Å². The number of rotatable bonds is 6. The summed E-state index contributed by atoms with van der Waals surface area (Å²) >= 11 is 0. The number of benzene rings is 1. The fourth-order valence-corrected chi connectivity index (χ4v) is 2.89. The molecule has 0 saturated carbocycles. The van der Waals surface area contributed by atoms with E-state index in [0.717, 1.165) is 16.8 Å². The monoisotopic (exact) mass is 372 g/mol. The van der Waals surface area contributed by atoms with Crippen molar-refractivity contribution in [1.29, 1.82) is 0 Å². The van der Waals surface area contributed by atoms with Gasteiger partial charge in [0.05, 0.1) is 5.69 Å². The lowest BCUT2D eigenvalue weighted by Gasteiger charge is -2.20. The van der Waals surface area contributed by atoms with Crippen LogP contribution in [0.15, 0.2) is 30.5 Å². The van der Waals surface area contributed by atoms with E-state index in [-0.39, 0.29) is 11.6 Å². The molecule has 0 radical (unpaired) electrons. The molecular weight excluding hydrogens is 344 g/mol. The summed E-state index contributed by atoms with van der Waals surface area (Å²) < 4.78 is 6.93. The van der Waals surface area contributed by atoms with Crippen molar-refractivity contribution in [2.24, 2.45) is 5.73 Å². The second kappa shape index (κ2) is 8.24. The highest BCUT2D eigenvalue weighted by Crippen LogP contribution is 2.27. The van der Waals surface area contributed by atoms with Gasteiger partial charge in [0.25, 0.3) is 5.91 Å². The quantitative estimate of drug-likeness (QED) is 0.813. The maximum Gasteiger partial charge on any atom is 0.407 e. The number of primary amides is 1. The van der Waals surface area contributed by atoms with Crippen LogP contribution in [0.5, 0.6) is 0 Å². The van der Waals surface area contributed by atoms with E-state index in [9.17, 15) is 9.59 Å². The molecule has 7 nitrogen and oxygen atoms in total. The maximum absolute atomic E-state index is 11.8. The van der Waals surface area contributed by atoms with Gasteiger partial charge in [-0.25, -0.2) is 9.48 Å². The zero-order valence-corrected chi connectivity index (χ0v) is 16.6. The molecule has 0 aliphatic rings. The normalized spacial score (nSPS) is 11.5. The zero-order valence-electron chi connectivity index (χ0n) is 16.6. The van der Waals surface area contributed by atoms with E-state index in [1.807, 2.05) is 39.0 Å². The van der Waals surface area contributed by atoms with Crippen molar-refractivity contribution in [3.8, 4) is 5.69 Å². The number of nitrogens with two attached hydrogens (primary N) is 1. The largest absolute Gasteiger partial charge is 0.444 e. The van der Waals surface area contributed by atoms with Crippen LogP contribution >= 0.6 is 0 Å². The van der Waals surface area contributed by atoms with Crippen molar-refractivity contribution in [3.63, 3.8) is 0 Å². The van der Waals surface area contributed by atoms with Gasteiger partial charge in [0, 0.05) is 12.7 Å². The average molecular weight is 372 g/mol. The fourth-order valence-electron chi connectivity index (χ4n) is 2.89. The number of hydrogen-bond acceptors (Lipinski definition) is 4. The highest BCUT2D eigenvalue weighted by atomic mass is 16.6. The van der Waals surface area contributed by atoms with Gasteiger partial charge in [-0.3, -0.25) is 4.79 Å². The molecule has 0 spiro atoms. The van der Waals surface area contributed by atoms with E-state index in [0.29, 0.717) is 13.0 Å². The molecule has 0 aliphatic heterocycles. The first kappa shape index (κ1) is 20.5. The molecule has 1 aromatic carbocycles. The van der Waals surface area contributed by atoms with Crippen molar-refractivity contribution < 1.29 is 14.3 Å².